The molecule has 5 nitrogen and oxygen atoms in total. The van der Waals surface area contributed by atoms with Crippen molar-refractivity contribution in [3.8, 4) is 0 Å². The minimum atomic E-state index is -3.90. The zero-order valence-corrected chi connectivity index (χ0v) is 17.9. The Morgan fingerprint density at radius 2 is 1.69 bits per heavy atom. The maximum atomic E-state index is 12.5. The van der Waals surface area contributed by atoms with Crippen molar-refractivity contribution >= 4 is 15.9 Å². The van der Waals surface area contributed by atoms with E-state index >= 15 is 0 Å². The van der Waals surface area contributed by atoms with Crippen LogP contribution < -0.4 is 5.73 Å². The van der Waals surface area contributed by atoms with Gasteiger partial charge in [0.05, 0.1) is 6.04 Å². The number of rotatable bonds is 10. The van der Waals surface area contributed by atoms with Crippen LogP contribution in [0, 0.1) is 18.8 Å². The smallest absolute Gasteiger partial charge is 0.338 e. The fraction of sp³-hybridized carbons (Fsp3) is 0.348. The number of allylic oxidation sites excluding steroid dienone is 1. The van der Waals surface area contributed by atoms with Gasteiger partial charge < -0.3 is 9.92 Å². The highest BCUT2D eigenvalue weighted by molar-refractivity contribution is 7.86. The quantitative estimate of drug-likeness (QED) is 0.468. The van der Waals surface area contributed by atoms with Crippen molar-refractivity contribution in [3.63, 3.8) is 0 Å². The van der Waals surface area contributed by atoms with Crippen LogP contribution in [0.1, 0.15) is 31.4 Å². The number of aryl methyl sites for hydroxylation is 1. The summed E-state index contributed by atoms with van der Waals surface area (Å²) in [5.41, 5.74) is 8.00. The number of carbonyl (C=O) groups is 1. The molecule has 2 unspecified atom stereocenters. The number of Topliss-reactive ketones (excluding diaryl/α,β-unsaturated/α-hetero) is 1. The van der Waals surface area contributed by atoms with Gasteiger partial charge in [0.1, 0.15) is 16.9 Å². The molecular weight excluding hydrogens is 386 g/mol. The molecule has 29 heavy (non-hydrogen) atoms. The molecule has 2 rings (SSSR count). The van der Waals surface area contributed by atoms with Crippen LogP contribution >= 0.6 is 0 Å². The van der Waals surface area contributed by atoms with Gasteiger partial charge in [-0.1, -0.05) is 61.9 Å². The van der Waals surface area contributed by atoms with Gasteiger partial charge in [0.25, 0.3) is 0 Å². The summed E-state index contributed by atoms with van der Waals surface area (Å²) >= 11 is 0. The van der Waals surface area contributed by atoms with Crippen molar-refractivity contribution in [2.24, 2.45) is 17.6 Å². The number of carbonyl (C=O) groups excluding carboxylic acids is 1. The van der Waals surface area contributed by atoms with E-state index in [1.54, 1.807) is 18.2 Å². The lowest BCUT2D eigenvalue weighted by Crippen LogP contribution is -2.36. The van der Waals surface area contributed by atoms with Crippen molar-refractivity contribution in [2.75, 3.05) is 0 Å². The van der Waals surface area contributed by atoms with Crippen molar-refractivity contribution in [3.05, 3.63) is 78.1 Å². The van der Waals surface area contributed by atoms with Gasteiger partial charge in [-0.05, 0) is 49.0 Å². The maximum absolute atomic E-state index is 12.5. The van der Waals surface area contributed by atoms with E-state index < -0.39 is 16.2 Å². The Kier molecular flexibility index (Phi) is 8.17. The van der Waals surface area contributed by atoms with Gasteiger partial charge >= 0.3 is 10.1 Å². The van der Waals surface area contributed by atoms with Crippen LogP contribution in [-0.2, 0) is 25.5 Å². The van der Waals surface area contributed by atoms with E-state index in [-0.39, 0.29) is 28.9 Å². The third kappa shape index (κ3) is 7.15. The molecule has 0 radical (unpaired) electrons. The second-order valence-corrected chi connectivity index (χ2v) is 9.15. The fourth-order valence-corrected chi connectivity index (χ4v) is 3.66. The molecule has 0 saturated carbocycles. The van der Waals surface area contributed by atoms with E-state index in [0.717, 1.165) is 17.4 Å². The Bertz CT molecular complexity index is 919. The second kappa shape index (κ2) is 10.4. The second-order valence-electron chi connectivity index (χ2n) is 7.58. The van der Waals surface area contributed by atoms with Crippen LogP contribution in [0.2, 0.25) is 0 Å². The first kappa shape index (κ1) is 22.8. The molecule has 156 valence electrons. The van der Waals surface area contributed by atoms with E-state index in [0.29, 0.717) is 6.42 Å². The molecule has 0 fully saturated rings. The van der Waals surface area contributed by atoms with Crippen LogP contribution in [-0.4, -0.2) is 20.2 Å². The zero-order valence-electron chi connectivity index (χ0n) is 17.1. The molecule has 0 saturated heterocycles. The first-order valence-electron chi connectivity index (χ1n) is 9.68. The molecule has 0 heterocycles. The van der Waals surface area contributed by atoms with Gasteiger partial charge in [-0.2, -0.15) is 8.42 Å². The lowest BCUT2D eigenvalue weighted by Gasteiger charge is -2.18. The molecule has 0 bridgehead atoms. The summed E-state index contributed by atoms with van der Waals surface area (Å²) in [5, 5.41) is 0. The van der Waals surface area contributed by atoms with Crippen molar-refractivity contribution in [2.45, 2.75) is 44.6 Å². The highest BCUT2D eigenvalue weighted by atomic mass is 32.2. The van der Waals surface area contributed by atoms with E-state index in [1.807, 2.05) is 51.1 Å². The summed E-state index contributed by atoms with van der Waals surface area (Å²) in [4.78, 5) is 12.6. The van der Waals surface area contributed by atoms with Crippen LogP contribution in [0.5, 0.6) is 0 Å². The number of ketones is 1. The van der Waals surface area contributed by atoms with Crippen molar-refractivity contribution < 1.29 is 17.4 Å². The molecule has 2 N–H and O–H groups in total. The molecule has 0 spiro atoms. The number of hydrogen-bond donors (Lipinski definition) is 1. The van der Waals surface area contributed by atoms with Gasteiger partial charge in [-0.15, -0.1) is 0 Å². The van der Waals surface area contributed by atoms with Gasteiger partial charge in [-0.25, -0.2) is 0 Å². The van der Waals surface area contributed by atoms with E-state index in [9.17, 15) is 13.2 Å². The van der Waals surface area contributed by atoms with Crippen molar-refractivity contribution in [1.29, 1.82) is 0 Å². The molecule has 0 aliphatic rings. The molecule has 2 atom stereocenters. The van der Waals surface area contributed by atoms with Crippen LogP contribution in [0.15, 0.2) is 71.8 Å². The molecule has 2 aromatic carbocycles. The molecular formula is C23H29NO4S. The average molecular weight is 416 g/mol. The Morgan fingerprint density at radius 1 is 1.07 bits per heavy atom. The summed E-state index contributed by atoms with van der Waals surface area (Å²) < 4.78 is 29.7. The zero-order chi connectivity index (χ0) is 21.4. The van der Waals surface area contributed by atoms with Crippen molar-refractivity contribution in [1.82, 2.24) is 0 Å². The SMILES string of the molecule is Cc1ccc(S(=O)(=O)OC=CC(CC(=O)C(N)C(C)C)Cc2ccccc2)cc1. The Morgan fingerprint density at radius 3 is 2.28 bits per heavy atom. The third-order valence-electron chi connectivity index (χ3n) is 4.74. The molecule has 0 aliphatic carbocycles. The summed E-state index contributed by atoms with van der Waals surface area (Å²) in [7, 11) is -3.90. The standard InChI is InChI=1S/C23H29NO4S/c1-17(2)23(24)22(25)16-20(15-19-7-5-4-6-8-19)13-14-28-29(26,27)21-11-9-18(3)10-12-21/h4-14,17,20,23H,15-16,24H2,1-3H3. The highest BCUT2D eigenvalue weighted by Gasteiger charge is 2.21. The first-order chi connectivity index (χ1) is 13.7. The average Bonchev–Trinajstić information content (AvgIpc) is 2.68. The normalized spacial score (nSPS) is 14.1. The minimum absolute atomic E-state index is 0.0435. The maximum Gasteiger partial charge on any atom is 0.338 e. The molecule has 0 aliphatic heterocycles. The number of benzene rings is 2. The molecule has 0 aromatic heterocycles. The summed E-state index contributed by atoms with van der Waals surface area (Å²) in [6.45, 7) is 5.69. The van der Waals surface area contributed by atoms with Crippen LogP contribution in [0.25, 0.3) is 0 Å². The van der Waals surface area contributed by atoms with Crippen LogP contribution in [0.4, 0.5) is 0 Å². The van der Waals surface area contributed by atoms with E-state index in [1.165, 1.54) is 12.1 Å². The highest BCUT2D eigenvalue weighted by Crippen LogP contribution is 2.18. The largest absolute Gasteiger partial charge is 0.387 e. The summed E-state index contributed by atoms with van der Waals surface area (Å²) in [5.74, 6) is -0.225. The van der Waals surface area contributed by atoms with E-state index in [4.69, 9.17) is 9.92 Å². The van der Waals surface area contributed by atoms with Gasteiger partial charge in [0.15, 0.2) is 0 Å². The Labute approximate surface area is 173 Å². The Balaban J connectivity index is 2.13. The topological polar surface area (TPSA) is 86.5 Å². The van der Waals surface area contributed by atoms with Gasteiger partial charge in [-0.3, -0.25) is 4.79 Å². The number of nitrogens with two attached hydrogens (primary N) is 1. The Hall–Kier alpha value is -2.44. The molecule has 6 heteroatoms. The van der Waals surface area contributed by atoms with Gasteiger partial charge in [0, 0.05) is 6.42 Å². The predicted molar refractivity (Wildman–Crippen MR) is 115 cm³/mol. The minimum Gasteiger partial charge on any atom is -0.387 e. The molecule has 0 amide bonds. The number of hydrogen-bond acceptors (Lipinski definition) is 5. The van der Waals surface area contributed by atoms with Gasteiger partial charge in [0.2, 0.25) is 0 Å². The van der Waals surface area contributed by atoms with E-state index in [2.05, 4.69) is 0 Å². The van der Waals surface area contributed by atoms with Crippen LogP contribution in [0.3, 0.4) is 0 Å². The molecule has 2 aromatic rings. The lowest BCUT2D eigenvalue weighted by molar-refractivity contribution is -0.121. The predicted octanol–water partition coefficient (Wildman–Crippen LogP) is 4.02. The summed E-state index contributed by atoms with van der Waals surface area (Å²) in [6.07, 6.45) is 3.60. The summed E-state index contributed by atoms with van der Waals surface area (Å²) in [6, 6.07) is 15.6. The lowest BCUT2D eigenvalue weighted by atomic mass is 9.89. The fourth-order valence-electron chi connectivity index (χ4n) is 2.87. The first-order valence-corrected chi connectivity index (χ1v) is 11.1. The monoisotopic (exact) mass is 415 g/mol. The third-order valence-corrected chi connectivity index (χ3v) is 5.95.